The number of carboxylic acids is 1. The number of H-pyrrole nitrogens is 1. The first kappa shape index (κ1) is 16.4. The predicted octanol–water partition coefficient (Wildman–Crippen LogP) is 1.27. The van der Waals surface area contributed by atoms with Crippen molar-refractivity contribution in [2.24, 2.45) is 0 Å². The molecule has 7 nitrogen and oxygen atoms in total. The quantitative estimate of drug-likeness (QED) is 0.729. The van der Waals surface area contributed by atoms with E-state index >= 15 is 0 Å². The molecule has 2 aromatic heterocycles. The zero-order chi connectivity index (χ0) is 17.8. The molecule has 0 amide bonds. The molecule has 0 saturated heterocycles. The van der Waals surface area contributed by atoms with Gasteiger partial charge in [0.1, 0.15) is 0 Å². The lowest BCUT2D eigenvalue weighted by molar-refractivity contribution is 0.0689. The first-order valence-corrected chi connectivity index (χ1v) is 7.57. The van der Waals surface area contributed by atoms with Gasteiger partial charge in [-0.25, -0.2) is 9.78 Å². The van der Waals surface area contributed by atoms with Crippen molar-refractivity contribution in [1.82, 2.24) is 14.5 Å². The van der Waals surface area contributed by atoms with Gasteiger partial charge in [0.25, 0.3) is 11.1 Å². The van der Waals surface area contributed by atoms with Gasteiger partial charge in [-0.1, -0.05) is 30.3 Å². The summed E-state index contributed by atoms with van der Waals surface area (Å²) < 4.78 is 1.30. The van der Waals surface area contributed by atoms with Crippen molar-refractivity contribution in [2.45, 2.75) is 13.0 Å². The Morgan fingerprint density at radius 3 is 2.52 bits per heavy atom. The van der Waals surface area contributed by atoms with E-state index in [-0.39, 0.29) is 23.4 Å². The number of aromatic amines is 1. The smallest absolute Gasteiger partial charge is 0.356 e. The highest BCUT2D eigenvalue weighted by Crippen LogP contribution is 2.09. The second-order valence-electron chi connectivity index (χ2n) is 5.56. The summed E-state index contributed by atoms with van der Waals surface area (Å²) in [6.07, 6.45) is 4.32. The van der Waals surface area contributed by atoms with Crippen LogP contribution in [0, 0.1) is 0 Å². The Morgan fingerprint density at radius 2 is 1.84 bits per heavy atom. The number of carboxylic acid groups (broad SMARTS) is 1. The maximum Gasteiger partial charge on any atom is 0.356 e. The molecule has 0 atom stereocenters. The van der Waals surface area contributed by atoms with Crippen LogP contribution in [0.25, 0.3) is 0 Å². The Hall–Kier alpha value is -3.48. The number of rotatable bonds is 5. The molecule has 0 spiro atoms. The second kappa shape index (κ2) is 6.96. The van der Waals surface area contributed by atoms with Crippen LogP contribution in [0.4, 0.5) is 0 Å². The van der Waals surface area contributed by atoms with Gasteiger partial charge in [0.2, 0.25) is 0 Å². The van der Waals surface area contributed by atoms with E-state index in [1.54, 1.807) is 18.3 Å². The van der Waals surface area contributed by atoms with Gasteiger partial charge in [0.05, 0.1) is 12.7 Å². The minimum Gasteiger partial charge on any atom is -0.476 e. The Kier molecular flexibility index (Phi) is 4.56. The Labute approximate surface area is 142 Å². The van der Waals surface area contributed by atoms with Gasteiger partial charge >= 0.3 is 5.97 Å². The van der Waals surface area contributed by atoms with Crippen LogP contribution in [0.15, 0.2) is 64.6 Å². The largest absolute Gasteiger partial charge is 0.476 e. The van der Waals surface area contributed by atoms with Gasteiger partial charge in [-0.05, 0) is 17.2 Å². The zero-order valence-corrected chi connectivity index (χ0v) is 13.2. The average molecular weight is 337 g/mol. The number of nitrogens with zero attached hydrogens (tertiary/aromatic N) is 2. The van der Waals surface area contributed by atoms with Crippen LogP contribution in [0.3, 0.4) is 0 Å². The Morgan fingerprint density at radius 1 is 1.12 bits per heavy atom. The number of hydrogen-bond acceptors (Lipinski definition) is 4. The van der Waals surface area contributed by atoms with E-state index in [2.05, 4.69) is 9.97 Å². The van der Waals surface area contributed by atoms with Crippen molar-refractivity contribution in [1.29, 1.82) is 0 Å². The number of nitrogens with one attached hydrogen (secondary N) is 1. The van der Waals surface area contributed by atoms with Gasteiger partial charge in [-0.15, -0.1) is 0 Å². The number of aromatic nitrogens is 3. The second-order valence-corrected chi connectivity index (χ2v) is 5.56. The fraction of sp³-hybridized carbons (Fsp3) is 0.111. The minimum atomic E-state index is -1.18. The van der Waals surface area contributed by atoms with E-state index < -0.39 is 5.97 Å². The number of aromatic carboxylic acids is 1. The molecular formula is C18H15N3O4. The maximum absolute atomic E-state index is 11.8. The highest BCUT2D eigenvalue weighted by molar-refractivity contribution is 5.84. The van der Waals surface area contributed by atoms with E-state index in [0.717, 1.165) is 17.3 Å². The monoisotopic (exact) mass is 337 g/mol. The van der Waals surface area contributed by atoms with Crippen LogP contribution < -0.4 is 11.1 Å². The average Bonchev–Trinajstić information content (AvgIpc) is 2.60. The van der Waals surface area contributed by atoms with Crippen molar-refractivity contribution in [3.63, 3.8) is 0 Å². The fourth-order valence-corrected chi connectivity index (χ4v) is 2.45. The van der Waals surface area contributed by atoms with Gasteiger partial charge < -0.3 is 14.7 Å². The summed E-state index contributed by atoms with van der Waals surface area (Å²) in [6, 6.07) is 11.0. The third-order valence-electron chi connectivity index (χ3n) is 3.76. The molecule has 2 heterocycles. The summed E-state index contributed by atoms with van der Waals surface area (Å²) in [5.74, 6) is -1.18. The lowest BCUT2D eigenvalue weighted by Gasteiger charge is -2.07. The fourth-order valence-electron chi connectivity index (χ4n) is 2.45. The predicted molar refractivity (Wildman–Crippen MR) is 90.9 cm³/mol. The highest BCUT2D eigenvalue weighted by Gasteiger charge is 2.08. The molecule has 7 heteroatoms. The summed E-state index contributed by atoms with van der Waals surface area (Å²) in [4.78, 5) is 40.7. The topological polar surface area (TPSA) is 105 Å². The number of carbonyl (C=O) groups is 1. The normalized spacial score (nSPS) is 10.6. The van der Waals surface area contributed by atoms with Gasteiger partial charge in [0.15, 0.2) is 5.69 Å². The van der Waals surface area contributed by atoms with Crippen LogP contribution in [0.5, 0.6) is 0 Å². The van der Waals surface area contributed by atoms with Crippen LogP contribution in [0.1, 0.15) is 27.2 Å². The summed E-state index contributed by atoms with van der Waals surface area (Å²) in [5, 5.41) is 8.96. The van der Waals surface area contributed by atoms with Gasteiger partial charge in [-0.3, -0.25) is 9.59 Å². The third-order valence-corrected chi connectivity index (χ3v) is 3.76. The standard InChI is InChI=1S/C18H15N3O4/c22-16-9-20-15(18(24)25)11-21(16)10-13-5-3-12(4-6-13)8-14-2-1-7-19-17(14)23/h1-7,9,11H,8,10H2,(H,19,23)(H,24,25). The number of hydrogen-bond donors (Lipinski definition) is 2. The molecule has 0 aliphatic rings. The van der Waals surface area contributed by atoms with Crippen molar-refractivity contribution in [3.8, 4) is 0 Å². The zero-order valence-electron chi connectivity index (χ0n) is 13.2. The lowest BCUT2D eigenvalue weighted by Crippen LogP contribution is -2.22. The van der Waals surface area contributed by atoms with E-state index in [9.17, 15) is 14.4 Å². The third kappa shape index (κ3) is 3.89. The minimum absolute atomic E-state index is 0.115. The summed E-state index contributed by atoms with van der Waals surface area (Å²) in [7, 11) is 0. The lowest BCUT2D eigenvalue weighted by atomic mass is 10.0. The molecule has 0 fully saturated rings. The molecule has 0 aliphatic heterocycles. The van der Waals surface area contributed by atoms with E-state index in [1.165, 1.54) is 10.8 Å². The molecule has 1 aromatic carbocycles. The molecule has 2 N–H and O–H groups in total. The van der Waals surface area contributed by atoms with E-state index in [4.69, 9.17) is 5.11 Å². The molecule has 0 bridgehead atoms. The Balaban J connectivity index is 1.78. The van der Waals surface area contributed by atoms with Crippen molar-refractivity contribution in [3.05, 3.63) is 98.1 Å². The molecule has 0 saturated carbocycles. The summed E-state index contributed by atoms with van der Waals surface area (Å²) in [5.41, 5.74) is 1.82. The van der Waals surface area contributed by atoms with E-state index in [0.29, 0.717) is 12.0 Å². The number of pyridine rings is 1. The van der Waals surface area contributed by atoms with Crippen LogP contribution in [-0.4, -0.2) is 25.6 Å². The first-order valence-electron chi connectivity index (χ1n) is 7.57. The van der Waals surface area contributed by atoms with Gasteiger partial charge in [-0.2, -0.15) is 0 Å². The molecule has 3 aromatic rings. The van der Waals surface area contributed by atoms with Crippen molar-refractivity contribution >= 4 is 5.97 Å². The SMILES string of the molecule is O=C(O)c1cn(Cc2ccc(Cc3ccc[nH]c3=O)cc2)c(=O)cn1. The molecule has 25 heavy (non-hydrogen) atoms. The Bertz CT molecular complexity index is 1020. The van der Waals surface area contributed by atoms with Crippen LogP contribution >= 0.6 is 0 Å². The molecule has 0 radical (unpaired) electrons. The molecule has 3 rings (SSSR count). The first-order chi connectivity index (χ1) is 12.0. The van der Waals surface area contributed by atoms with Crippen molar-refractivity contribution in [2.75, 3.05) is 0 Å². The van der Waals surface area contributed by atoms with Crippen LogP contribution in [-0.2, 0) is 13.0 Å². The van der Waals surface area contributed by atoms with Crippen LogP contribution in [0.2, 0.25) is 0 Å². The highest BCUT2D eigenvalue weighted by atomic mass is 16.4. The maximum atomic E-state index is 11.8. The molecule has 0 aliphatic carbocycles. The van der Waals surface area contributed by atoms with Crippen molar-refractivity contribution < 1.29 is 9.90 Å². The summed E-state index contributed by atoms with van der Waals surface area (Å²) in [6.45, 7) is 0.244. The number of benzene rings is 1. The van der Waals surface area contributed by atoms with Gasteiger partial charge in [0, 0.05) is 24.4 Å². The summed E-state index contributed by atoms with van der Waals surface area (Å²) >= 11 is 0. The van der Waals surface area contributed by atoms with E-state index in [1.807, 2.05) is 24.3 Å². The molecular weight excluding hydrogens is 322 g/mol. The molecule has 0 unspecified atom stereocenters. The molecule has 126 valence electrons.